The van der Waals surface area contributed by atoms with Crippen LogP contribution in [-0.2, 0) is 0 Å². The first-order chi connectivity index (χ1) is 15.4. The zero-order chi connectivity index (χ0) is 23.1. The number of likely N-dealkylation sites (tertiary alicyclic amines) is 2. The van der Waals surface area contributed by atoms with Crippen LogP contribution in [0.4, 0.5) is 5.69 Å². The predicted octanol–water partition coefficient (Wildman–Crippen LogP) is 1.51. The van der Waals surface area contributed by atoms with E-state index in [4.69, 9.17) is 33.5 Å². The Bertz CT molecular complexity index is 748. The van der Waals surface area contributed by atoms with E-state index < -0.39 is 0 Å². The number of nitrogens with two attached hydrogens (primary N) is 3. The number of nitrogens with one attached hydrogen (secondary N) is 1. The Labute approximate surface area is 196 Å². The van der Waals surface area contributed by atoms with E-state index in [9.17, 15) is 4.79 Å². The van der Waals surface area contributed by atoms with Crippen molar-refractivity contribution >= 4 is 23.2 Å². The van der Waals surface area contributed by atoms with E-state index in [2.05, 4.69) is 15.1 Å². The van der Waals surface area contributed by atoms with Crippen LogP contribution in [0.3, 0.4) is 0 Å². The third-order valence-corrected chi connectivity index (χ3v) is 7.07. The van der Waals surface area contributed by atoms with Gasteiger partial charge in [0, 0.05) is 44.3 Å². The van der Waals surface area contributed by atoms with Crippen LogP contribution >= 0.6 is 11.6 Å². The van der Waals surface area contributed by atoms with Gasteiger partial charge < -0.3 is 37.1 Å². The van der Waals surface area contributed by atoms with E-state index >= 15 is 0 Å². The third-order valence-electron chi connectivity index (χ3n) is 6.74. The van der Waals surface area contributed by atoms with Crippen LogP contribution < -0.4 is 27.3 Å². The van der Waals surface area contributed by atoms with Crippen molar-refractivity contribution in [2.24, 2.45) is 17.4 Å². The quantitative estimate of drug-likeness (QED) is 0.407. The van der Waals surface area contributed by atoms with Crippen LogP contribution in [0.25, 0.3) is 0 Å². The van der Waals surface area contributed by atoms with Crippen molar-refractivity contribution in [3.8, 4) is 5.75 Å². The number of piperidine rings is 2. The van der Waals surface area contributed by atoms with Crippen LogP contribution in [0.5, 0.6) is 5.75 Å². The van der Waals surface area contributed by atoms with Crippen molar-refractivity contribution in [1.82, 2.24) is 15.1 Å². The molecule has 1 aromatic carbocycles. The summed E-state index contributed by atoms with van der Waals surface area (Å²) in [5.74, 6) is 1.02. The Morgan fingerprint density at radius 3 is 2.47 bits per heavy atom. The highest BCUT2D eigenvalue weighted by atomic mass is 35.5. The van der Waals surface area contributed by atoms with Crippen molar-refractivity contribution in [2.75, 3.05) is 58.7 Å². The van der Waals surface area contributed by atoms with Gasteiger partial charge >= 0.3 is 0 Å². The number of methoxy groups -OCH3 is 1. The summed E-state index contributed by atoms with van der Waals surface area (Å²) in [6.07, 6.45) is 5.24. The van der Waals surface area contributed by atoms with Crippen molar-refractivity contribution in [1.29, 1.82) is 0 Å². The van der Waals surface area contributed by atoms with Gasteiger partial charge in [0.2, 0.25) is 0 Å². The van der Waals surface area contributed by atoms with Crippen molar-refractivity contribution in [3.63, 3.8) is 0 Å². The molecule has 1 unspecified atom stereocenters. The van der Waals surface area contributed by atoms with Crippen molar-refractivity contribution < 1.29 is 9.53 Å². The summed E-state index contributed by atoms with van der Waals surface area (Å²) in [4.78, 5) is 17.8. The largest absolute Gasteiger partial charge is 0.496 e. The average molecular weight is 467 g/mol. The van der Waals surface area contributed by atoms with Crippen LogP contribution in [0.1, 0.15) is 42.5 Å². The second-order valence-electron chi connectivity index (χ2n) is 9.20. The maximum atomic E-state index is 12.8. The lowest BCUT2D eigenvalue weighted by Gasteiger charge is -2.38. The summed E-state index contributed by atoms with van der Waals surface area (Å²) in [7, 11) is 1.52. The number of benzene rings is 1. The lowest BCUT2D eigenvalue weighted by Crippen LogP contribution is -2.47. The second kappa shape index (κ2) is 12.0. The zero-order valence-corrected chi connectivity index (χ0v) is 19.9. The minimum absolute atomic E-state index is 0.158. The molecule has 1 atom stereocenters. The summed E-state index contributed by atoms with van der Waals surface area (Å²) in [6.45, 7) is 7.03. The zero-order valence-electron chi connectivity index (χ0n) is 19.2. The molecule has 0 aliphatic carbocycles. The normalized spacial score (nSPS) is 20.2. The molecule has 180 valence electrons. The molecule has 2 aliphatic rings. The fourth-order valence-electron chi connectivity index (χ4n) is 4.79. The highest BCUT2D eigenvalue weighted by molar-refractivity contribution is 6.33. The molecule has 2 fully saturated rings. The Morgan fingerprint density at radius 2 is 1.84 bits per heavy atom. The standard InChI is InChI=1S/C23H39ClN6O2/c1-32-22-13-21(27)20(24)12-19(22)23(31)28-18-5-10-29(11-6-18)14-16-3-8-30(9-4-16)15-17(26)2-7-25/h12-13,16-18H,2-11,14-15,25-27H2,1H3,(H,28,31). The topological polar surface area (TPSA) is 123 Å². The van der Waals surface area contributed by atoms with Gasteiger partial charge in [-0.2, -0.15) is 0 Å². The molecule has 7 N–H and O–H groups in total. The number of anilines is 1. The van der Waals surface area contributed by atoms with Crippen LogP contribution in [0, 0.1) is 5.92 Å². The van der Waals surface area contributed by atoms with Crippen molar-refractivity contribution in [3.05, 3.63) is 22.7 Å². The molecule has 32 heavy (non-hydrogen) atoms. The summed E-state index contributed by atoms with van der Waals surface area (Å²) in [5, 5.41) is 3.50. The summed E-state index contributed by atoms with van der Waals surface area (Å²) in [5.41, 5.74) is 18.4. The van der Waals surface area contributed by atoms with Gasteiger partial charge in [-0.1, -0.05) is 11.6 Å². The van der Waals surface area contributed by atoms with Gasteiger partial charge in [-0.05, 0) is 63.7 Å². The number of rotatable bonds is 9. The second-order valence-corrected chi connectivity index (χ2v) is 9.61. The van der Waals surface area contributed by atoms with Gasteiger partial charge in [-0.15, -0.1) is 0 Å². The van der Waals surface area contributed by atoms with E-state index in [1.807, 2.05) is 0 Å². The number of hydrogen-bond donors (Lipinski definition) is 4. The minimum Gasteiger partial charge on any atom is -0.496 e. The maximum absolute atomic E-state index is 12.8. The molecule has 0 spiro atoms. The molecule has 9 heteroatoms. The van der Waals surface area contributed by atoms with Crippen LogP contribution in [-0.4, -0.2) is 80.7 Å². The molecule has 0 aromatic heterocycles. The molecule has 0 saturated carbocycles. The molecule has 0 radical (unpaired) electrons. The molecular weight excluding hydrogens is 428 g/mol. The van der Waals surface area contributed by atoms with E-state index in [1.165, 1.54) is 20.0 Å². The summed E-state index contributed by atoms with van der Waals surface area (Å²) in [6, 6.07) is 3.52. The average Bonchev–Trinajstić information content (AvgIpc) is 2.78. The SMILES string of the molecule is COc1cc(N)c(Cl)cc1C(=O)NC1CCN(CC2CCN(CC(N)CCN)CC2)CC1. The number of ether oxygens (including phenoxy) is 1. The first-order valence-corrected chi connectivity index (χ1v) is 12.1. The van der Waals surface area contributed by atoms with E-state index in [0.717, 1.165) is 64.4 Å². The Balaban J connectivity index is 1.40. The number of nitrogens with zero attached hydrogens (tertiary/aromatic N) is 2. The highest BCUT2D eigenvalue weighted by Gasteiger charge is 2.26. The molecule has 2 heterocycles. The first-order valence-electron chi connectivity index (χ1n) is 11.7. The van der Waals surface area contributed by atoms with Gasteiger partial charge in [0.15, 0.2) is 0 Å². The van der Waals surface area contributed by atoms with Crippen molar-refractivity contribution in [2.45, 2.75) is 44.2 Å². The predicted molar refractivity (Wildman–Crippen MR) is 130 cm³/mol. The van der Waals surface area contributed by atoms with E-state index in [1.54, 1.807) is 12.1 Å². The van der Waals surface area contributed by atoms with E-state index in [0.29, 0.717) is 28.6 Å². The monoisotopic (exact) mass is 466 g/mol. The molecule has 1 amide bonds. The fourth-order valence-corrected chi connectivity index (χ4v) is 4.96. The van der Waals surface area contributed by atoms with E-state index in [-0.39, 0.29) is 18.0 Å². The lowest BCUT2D eigenvalue weighted by molar-refractivity contribution is 0.0886. The molecule has 2 saturated heterocycles. The Hall–Kier alpha value is -1.58. The van der Waals surface area contributed by atoms with Crippen LogP contribution in [0.15, 0.2) is 12.1 Å². The number of carbonyl (C=O) groups is 1. The fraction of sp³-hybridized carbons (Fsp3) is 0.696. The number of hydrogen-bond acceptors (Lipinski definition) is 7. The smallest absolute Gasteiger partial charge is 0.255 e. The molecule has 2 aliphatic heterocycles. The Kier molecular flexibility index (Phi) is 9.43. The number of halogens is 1. The maximum Gasteiger partial charge on any atom is 0.255 e. The molecule has 1 aromatic rings. The number of nitrogen functional groups attached to an aromatic ring is 1. The third kappa shape index (κ3) is 6.96. The van der Waals surface area contributed by atoms with Gasteiger partial charge in [-0.3, -0.25) is 4.79 Å². The lowest BCUT2D eigenvalue weighted by atomic mass is 9.94. The summed E-state index contributed by atoms with van der Waals surface area (Å²) < 4.78 is 5.31. The molecule has 3 rings (SSSR count). The number of carbonyl (C=O) groups excluding carboxylic acids is 1. The number of amides is 1. The van der Waals surface area contributed by atoms with Crippen LogP contribution in [0.2, 0.25) is 5.02 Å². The van der Waals surface area contributed by atoms with Gasteiger partial charge in [-0.25, -0.2) is 0 Å². The minimum atomic E-state index is -0.164. The summed E-state index contributed by atoms with van der Waals surface area (Å²) >= 11 is 6.11. The first kappa shape index (κ1) is 25.1. The molecule has 0 bridgehead atoms. The molecule has 8 nitrogen and oxygen atoms in total. The highest BCUT2D eigenvalue weighted by Crippen LogP contribution is 2.29. The van der Waals surface area contributed by atoms with Gasteiger partial charge in [0.25, 0.3) is 5.91 Å². The Morgan fingerprint density at radius 1 is 1.19 bits per heavy atom. The van der Waals surface area contributed by atoms with Gasteiger partial charge in [0.1, 0.15) is 5.75 Å². The van der Waals surface area contributed by atoms with Gasteiger partial charge in [0.05, 0.1) is 23.4 Å². The molecular formula is C23H39ClN6O2.